The molecule has 0 saturated heterocycles. The number of aryl methyl sites for hydroxylation is 1. The number of fused-ring (bicyclic) bond motifs is 1. The van der Waals surface area contributed by atoms with Gasteiger partial charge >= 0.3 is 0 Å². The average molecular weight is 333 g/mol. The fraction of sp³-hybridized carbons (Fsp3) is 0.200. The van der Waals surface area contributed by atoms with Gasteiger partial charge in [-0.1, -0.05) is 12.1 Å². The number of hydrogen-bond acceptors (Lipinski definition) is 3. The van der Waals surface area contributed by atoms with Gasteiger partial charge in [-0.15, -0.1) is 0 Å². The highest BCUT2D eigenvalue weighted by Crippen LogP contribution is 2.36. The second-order valence-electron chi connectivity index (χ2n) is 4.71. The van der Waals surface area contributed by atoms with Crippen LogP contribution >= 0.6 is 15.9 Å². The zero-order valence-corrected chi connectivity index (χ0v) is 12.3. The molecule has 1 aromatic carbocycles. The molecule has 0 atom stereocenters. The molecule has 5 heteroatoms. The number of rotatable bonds is 1. The molecule has 0 unspecified atom stereocenters. The summed E-state index contributed by atoms with van der Waals surface area (Å²) < 4.78 is 0.830. The first-order chi connectivity index (χ1) is 9.66. The summed E-state index contributed by atoms with van der Waals surface area (Å²) >= 11 is 3.30. The van der Waals surface area contributed by atoms with E-state index in [9.17, 15) is 9.90 Å². The molecule has 1 amide bonds. The molecule has 102 valence electrons. The Morgan fingerprint density at radius 2 is 2.15 bits per heavy atom. The van der Waals surface area contributed by atoms with Crippen LogP contribution in [-0.2, 0) is 6.42 Å². The van der Waals surface area contributed by atoms with Crippen molar-refractivity contribution < 1.29 is 9.90 Å². The van der Waals surface area contributed by atoms with Crippen LogP contribution in [0.2, 0.25) is 0 Å². The van der Waals surface area contributed by atoms with Crippen molar-refractivity contribution >= 4 is 27.5 Å². The Hall–Kier alpha value is -1.88. The van der Waals surface area contributed by atoms with E-state index in [1.807, 2.05) is 6.07 Å². The standard InChI is InChI=1S/C15H13BrN2O2/c16-11-6-7-12(17-9-11)15(20)18-8-2-4-10-3-1-5-13(19)14(10)18/h1,3,5-7,9,19H,2,4,8H2. The minimum absolute atomic E-state index is 0.146. The summed E-state index contributed by atoms with van der Waals surface area (Å²) in [6.07, 6.45) is 3.36. The highest BCUT2D eigenvalue weighted by molar-refractivity contribution is 9.10. The molecule has 0 fully saturated rings. The van der Waals surface area contributed by atoms with Crippen molar-refractivity contribution in [2.45, 2.75) is 12.8 Å². The SMILES string of the molecule is O=C(c1ccc(Br)cn1)N1CCCc2cccc(O)c21. The molecule has 0 saturated carbocycles. The Bertz CT molecular complexity index is 655. The van der Waals surface area contributed by atoms with Gasteiger partial charge in [0.15, 0.2) is 0 Å². The lowest BCUT2D eigenvalue weighted by molar-refractivity contribution is 0.0979. The van der Waals surface area contributed by atoms with Crippen molar-refractivity contribution in [2.75, 3.05) is 11.4 Å². The Balaban J connectivity index is 2.00. The van der Waals surface area contributed by atoms with Gasteiger partial charge in [0.1, 0.15) is 11.4 Å². The van der Waals surface area contributed by atoms with Gasteiger partial charge in [0.05, 0.1) is 5.69 Å². The van der Waals surface area contributed by atoms with Crippen molar-refractivity contribution in [1.82, 2.24) is 4.98 Å². The predicted octanol–water partition coefficient (Wildman–Crippen LogP) is 3.14. The number of carbonyl (C=O) groups is 1. The number of amides is 1. The molecule has 2 heterocycles. The van der Waals surface area contributed by atoms with Crippen LogP contribution in [0.5, 0.6) is 5.75 Å². The number of hydrogen-bond donors (Lipinski definition) is 1. The smallest absolute Gasteiger partial charge is 0.276 e. The summed E-state index contributed by atoms with van der Waals surface area (Å²) in [4.78, 5) is 18.3. The number of phenols is 1. The zero-order chi connectivity index (χ0) is 14.1. The fourth-order valence-electron chi connectivity index (χ4n) is 2.47. The van der Waals surface area contributed by atoms with Gasteiger partial charge in [-0.05, 0) is 52.5 Å². The van der Waals surface area contributed by atoms with Crippen LogP contribution in [-0.4, -0.2) is 22.5 Å². The monoisotopic (exact) mass is 332 g/mol. The maximum absolute atomic E-state index is 12.6. The number of nitrogens with zero attached hydrogens (tertiary/aromatic N) is 2. The number of carbonyl (C=O) groups excluding carboxylic acids is 1. The normalized spacial score (nSPS) is 13.9. The molecule has 0 radical (unpaired) electrons. The molecule has 0 aliphatic carbocycles. The van der Waals surface area contributed by atoms with Crippen molar-refractivity contribution in [1.29, 1.82) is 0 Å². The first-order valence-corrected chi connectivity index (χ1v) is 7.20. The first-order valence-electron chi connectivity index (χ1n) is 6.41. The number of para-hydroxylation sites is 1. The molecule has 3 rings (SSSR count). The van der Waals surface area contributed by atoms with Crippen LogP contribution in [0, 0.1) is 0 Å². The van der Waals surface area contributed by atoms with Crippen LogP contribution in [0.25, 0.3) is 0 Å². The molecule has 20 heavy (non-hydrogen) atoms. The van der Waals surface area contributed by atoms with Gasteiger partial charge in [-0.25, -0.2) is 4.98 Å². The van der Waals surface area contributed by atoms with Crippen LogP contribution in [0.1, 0.15) is 22.5 Å². The van der Waals surface area contributed by atoms with E-state index < -0.39 is 0 Å². The van der Waals surface area contributed by atoms with E-state index >= 15 is 0 Å². The van der Waals surface area contributed by atoms with E-state index in [4.69, 9.17) is 0 Å². The second-order valence-corrected chi connectivity index (χ2v) is 5.62. The van der Waals surface area contributed by atoms with Crippen LogP contribution in [0.4, 0.5) is 5.69 Å². The van der Waals surface area contributed by atoms with Crippen molar-refractivity contribution in [3.05, 3.63) is 52.3 Å². The summed E-state index contributed by atoms with van der Waals surface area (Å²) in [6, 6.07) is 8.83. The lowest BCUT2D eigenvalue weighted by atomic mass is 10.0. The van der Waals surface area contributed by atoms with Crippen LogP contribution in [0.15, 0.2) is 41.0 Å². The van der Waals surface area contributed by atoms with Gasteiger partial charge < -0.3 is 10.0 Å². The minimum atomic E-state index is -0.181. The van der Waals surface area contributed by atoms with E-state index in [2.05, 4.69) is 20.9 Å². The van der Waals surface area contributed by atoms with E-state index in [-0.39, 0.29) is 11.7 Å². The Labute approximate surface area is 125 Å². The molecule has 1 aliphatic heterocycles. The van der Waals surface area contributed by atoms with Gasteiger partial charge in [-0.2, -0.15) is 0 Å². The molecular formula is C15H13BrN2O2. The van der Waals surface area contributed by atoms with Crippen molar-refractivity contribution in [2.24, 2.45) is 0 Å². The first kappa shape index (κ1) is 13.1. The topological polar surface area (TPSA) is 53.4 Å². The van der Waals surface area contributed by atoms with Gasteiger partial charge in [0.25, 0.3) is 5.91 Å². The zero-order valence-electron chi connectivity index (χ0n) is 10.7. The molecule has 2 aromatic rings. The number of phenolic OH excluding ortho intramolecular Hbond substituents is 1. The summed E-state index contributed by atoms with van der Waals surface area (Å²) in [6.45, 7) is 0.598. The molecular weight excluding hydrogens is 320 g/mol. The summed E-state index contributed by atoms with van der Waals surface area (Å²) in [5.41, 5.74) is 2.00. The lowest BCUT2D eigenvalue weighted by Gasteiger charge is -2.29. The van der Waals surface area contributed by atoms with E-state index in [0.717, 1.165) is 22.9 Å². The Kier molecular flexibility index (Phi) is 3.44. The number of pyridine rings is 1. The molecule has 0 bridgehead atoms. The molecule has 1 N–H and O–H groups in total. The number of benzene rings is 1. The summed E-state index contributed by atoms with van der Waals surface area (Å²) in [5, 5.41) is 10.0. The maximum atomic E-state index is 12.6. The molecule has 1 aromatic heterocycles. The minimum Gasteiger partial charge on any atom is -0.506 e. The Morgan fingerprint density at radius 3 is 2.90 bits per heavy atom. The molecule has 4 nitrogen and oxygen atoms in total. The summed E-state index contributed by atoms with van der Waals surface area (Å²) in [5.74, 6) is -0.0346. The quantitative estimate of drug-likeness (QED) is 0.872. The van der Waals surface area contributed by atoms with E-state index in [1.54, 1.807) is 35.4 Å². The van der Waals surface area contributed by atoms with E-state index in [0.29, 0.717) is 17.9 Å². The average Bonchev–Trinajstić information content (AvgIpc) is 2.47. The third kappa shape index (κ3) is 2.29. The number of aromatic hydroxyl groups is 1. The van der Waals surface area contributed by atoms with Crippen LogP contribution < -0.4 is 4.90 Å². The maximum Gasteiger partial charge on any atom is 0.276 e. The lowest BCUT2D eigenvalue weighted by Crippen LogP contribution is -2.36. The third-order valence-electron chi connectivity index (χ3n) is 3.39. The van der Waals surface area contributed by atoms with Gasteiger partial charge in [-0.3, -0.25) is 4.79 Å². The predicted molar refractivity (Wildman–Crippen MR) is 80.0 cm³/mol. The highest BCUT2D eigenvalue weighted by atomic mass is 79.9. The molecule has 1 aliphatic rings. The van der Waals surface area contributed by atoms with Crippen molar-refractivity contribution in [3.63, 3.8) is 0 Å². The summed E-state index contributed by atoms with van der Waals surface area (Å²) in [7, 11) is 0. The second kappa shape index (κ2) is 5.25. The van der Waals surface area contributed by atoms with Crippen LogP contribution in [0.3, 0.4) is 0 Å². The third-order valence-corrected chi connectivity index (χ3v) is 3.86. The van der Waals surface area contributed by atoms with Crippen molar-refractivity contribution in [3.8, 4) is 5.75 Å². The highest BCUT2D eigenvalue weighted by Gasteiger charge is 2.26. The van der Waals surface area contributed by atoms with E-state index in [1.165, 1.54) is 0 Å². The fourth-order valence-corrected chi connectivity index (χ4v) is 2.71. The largest absolute Gasteiger partial charge is 0.506 e. The van der Waals surface area contributed by atoms with Gasteiger partial charge in [0.2, 0.25) is 0 Å². The number of aromatic nitrogens is 1. The molecule has 0 spiro atoms. The number of anilines is 1. The Morgan fingerprint density at radius 1 is 1.30 bits per heavy atom. The van der Waals surface area contributed by atoms with Gasteiger partial charge in [0, 0.05) is 17.2 Å². The number of halogens is 1.